The molecule has 1 heterocycles. The van der Waals surface area contributed by atoms with E-state index in [1.165, 1.54) is 36.8 Å². The third-order valence-electron chi connectivity index (χ3n) is 5.19. The van der Waals surface area contributed by atoms with Gasteiger partial charge < -0.3 is 15.0 Å². The molecular formula is C22H34N4O. The third kappa shape index (κ3) is 5.33. The number of hydrogen-bond donors (Lipinski definition) is 1. The van der Waals surface area contributed by atoms with Gasteiger partial charge in [-0.1, -0.05) is 12.8 Å². The van der Waals surface area contributed by atoms with Gasteiger partial charge in [-0.2, -0.15) is 5.10 Å². The summed E-state index contributed by atoms with van der Waals surface area (Å²) in [5.74, 6) is 0.914. The van der Waals surface area contributed by atoms with Crippen LogP contribution in [-0.2, 0) is 6.54 Å². The van der Waals surface area contributed by atoms with E-state index >= 15 is 0 Å². The Hall–Kier alpha value is -1.85. The lowest BCUT2D eigenvalue weighted by molar-refractivity contribution is 0.242. The van der Waals surface area contributed by atoms with Crippen molar-refractivity contribution < 1.29 is 4.74 Å². The van der Waals surface area contributed by atoms with Crippen LogP contribution in [-0.4, -0.2) is 48.0 Å². The van der Waals surface area contributed by atoms with Gasteiger partial charge in [0.1, 0.15) is 5.75 Å². The van der Waals surface area contributed by atoms with Crippen molar-refractivity contribution in [3.63, 3.8) is 0 Å². The first-order chi connectivity index (χ1) is 13.1. The van der Waals surface area contributed by atoms with Crippen LogP contribution in [0.1, 0.15) is 51.1 Å². The standard InChI is InChI=1S/C22H34N4O/c1-17(2)27-21-11-9-18(10-12-21)22-19(15-25(4)14-13-23-3)16-26(24-22)20-7-5-6-8-20/h9-12,16-17,20,23H,5-8,13-15H2,1-4H3. The van der Waals surface area contributed by atoms with E-state index in [9.17, 15) is 0 Å². The Balaban J connectivity index is 1.84. The number of likely N-dealkylation sites (N-methyl/N-ethyl adjacent to an activating group) is 2. The van der Waals surface area contributed by atoms with Crippen LogP contribution < -0.4 is 10.1 Å². The second-order valence-electron chi connectivity index (χ2n) is 7.95. The molecule has 0 unspecified atom stereocenters. The van der Waals surface area contributed by atoms with Gasteiger partial charge in [-0.05, 0) is 65.0 Å². The van der Waals surface area contributed by atoms with E-state index in [2.05, 4.69) is 66.3 Å². The van der Waals surface area contributed by atoms with Crippen molar-refractivity contribution in [3.05, 3.63) is 36.0 Å². The van der Waals surface area contributed by atoms with Crippen molar-refractivity contribution in [2.24, 2.45) is 0 Å². The summed E-state index contributed by atoms with van der Waals surface area (Å²) in [6, 6.07) is 8.94. The highest BCUT2D eigenvalue weighted by molar-refractivity contribution is 5.63. The minimum Gasteiger partial charge on any atom is -0.491 e. The predicted molar refractivity (Wildman–Crippen MR) is 111 cm³/mol. The van der Waals surface area contributed by atoms with Gasteiger partial charge in [0.05, 0.1) is 17.8 Å². The van der Waals surface area contributed by atoms with Gasteiger partial charge in [-0.25, -0.2) is 0 Å². The minimum absolute atomic E-state index is 0.189. The van der Waals surface area contributed by atoms with Gasteiger partial charge in [-0.3, -0.25) is 4.68 Å². The van der Waals surface area contributed by atoms with Crippen LogP contribution in [0.15, 0.2) is 30.5 Å². The number of rotatable bonds is 9. The fraction of sp³-hybridized carbons (Fsp3) is 0.591. The lowest BCUT2D eigenvalue weighted by Gasteiger charge is -2.16. The number of nitrogens with one attached hydrogen (secondary N) is 1. The van der Waals surface area contributed by atoms with Gasteiger partial charge in [0, 0.05) is 37.0 Å². The van der Waals surface area contributed by atoms with Crippen LogP contribution >= 0.6 is 0 Å². The average molecular weight is 371 g/mol. The lowest BCUT2D eigenvalue weighted by Crippen LogP contribution is -2.27. The number of nitrogens with zero attached hydrogens (tertiary/aromatic N) is 3. The maximum absolute atomic E-state index is 5.79. The molecule has 0 bridgehead atoms. The smallest absolute Gasteiger partial charge is 0.119 e. The van der Waals surface area contributed by atoms with Crippen LogP contribution in [0, 0.1) is 0 Å². The Kier molecular flexibility index (Phi) is 6.91. The van der Waals surface area contributed by atoms with Crippen molar-refractivity contribution in [3.8, 4) is 17.0 Å². The van der Waals surface area contributed by atoms with Crippen LogP contribution in [0.3, 0.4) is 0 Å². The molecule has 0 atom stereocenters. The highest BCUT2D eigenvalue weighted by Gasteiger charge is 2.21. The summed E-state index contributed by atoms with van der Waals surface area (Å²) in [4.78, 5) is 2.35. The van der Waals surface area contributed by atoms with Gasteiger partial charge in [0.25, 0.3) is 0 Å². The Morgan fingerprint density at radius 1 is 1.22 bits per heavy atom. The number of benzene rings is 1. The van der Waals surface area contributed by atoms with E-state index in [-0.39, 0.29) is 6.10 Å². The normalized spacial score (nSPS) is 15.2. The summed E-state index contributed by atoms with van der Waals surface area (Å²) in [6.45, 7) is 7.02. The molecule has 27 heavy (non-hydrogen) atoms. The van der Waals surface area contributed by atoms with E-state index in [1.807, 2.05) is 7.05 Å². The molecule has 1 aromatic heterocycles. The summed E-state index contributed by atoms with van der Waals surface area (Å²) in [5.41, 5.74) is 3.58. The largest absolute Gasteiger partial charge is 0.491 e. The number of hydrogen-bond acceptors (Lipinski definition) is 4. The van der Waals surface area contributed by atoms with Gasteiger partial charge in [0.2, 0.25) is 0 Å². The molecule has 0 amide bonds. The quantitative estimate of drug-likeness (QED) is 0.721. The number of ether oxygens (including phenoxy) is 1. The SMILES string of the molecule is CNCCN(C)Cc1cn(C2CCCC2)nc1-c1ccc(OC(C)C)cc1. The molecule has 5 nitrogen and oxygen atoms in total. The van der Waals surface area contributed by atoms with Gasteiger partial charge in [0.15, 0.2) is 0 Å². The molecule has 2 aromatic rings. The van der Waals surface area contributed by atoms with Gasteiger partial charge >= 0.3 is 0 Å². The van der Waals surface area contributed by atoms with E-state index in [0.717, 1.165) is 31.1 Å². The minimum atomic E-state index is 0.189. The Morgan fingerprint density at radius 3 is 2.56 bits per heavy atom. The maximum Gasteiger partial charge on any atom is 0.119 e. The summed E-state index contributed by atoms with van der Waals surface area (Å²) in [7, 11) is 4.17. The first-order valence-electron chi connectivity index (χ1n) is 10.2. The summed E-state index contributed by atoms with van der Waals surface area (Å²) >= 11 is 0. The molecule has 1 aliphatic carbocycles. The fourth-order valence-corrected chi connectivity index (χ4v) is 3.78. The highest BCUT2D eigenvalue weighted by atomic mass is 16.5. The van der Waals surface area contributed by atoms with Crippen LogP contribution in [0.2, 0.25) is 0 Å². The van der Waals surface area contributed by atoms with E-state index in [0.29, 0.717) is 6.04 Å². The molecule has 148 valence electrons. The molecule has 0 spiro atoms. The molecule has 0 radical (unpaired) electrons. The van der Waals surface area contributed by atoms with Crippen LogP contribution in [0.25, 0.3) is 11.3 Å². The van der Waals surface area contributed by atoms with Crippen molar-refractivity contribution in [1.82, 2.24) is 20.0 Å². The van der Waals surface area contributed by atoms with Crippen molar-refractivity contribution >= 4 is 0 Å². The van der Waals surface area contributed by atoms with E-state index < -0.39 is 0 Å². The molecule has 1 N–H and O–H groups in total. The highest BCUT2D eigenvalue weighted by Crippen LogP contribution is 2.32. The zero-order chi connectivity index (χ0) is 19.2. The lowest BCUT2D eigenvalue weighted by atomic mass is 10.1. The maximum atomic E-state index is 5.79. The molecule has 1 fully saturated rings. The summed E-state index contributed by atoms with van der Waals surface area (Å²) in [5, 5.41) is 8.25. The summed E-state index contributed by atoms with van der Waals surface area (Å²) < 4.78 is 8.01. The Labute approximate surface area is 163 Å². The Bertz CT molecular complexity index is 702. The van der Waals surface area contributed by atoms with Gasteiger partial charge in [-0.15, -0.1) is 0 Å². The van der Waals surface area contributed by atoms with E-state index in [4.69, 9.17) is 9.84 Å². The Morgan fingerprint density at radius 2 is 1.93 bits per heavy atom. The molecule has 1 aromatic carbocycles. The molecule has 0 aliphatic heterocycles. The zero-order valence-corrected chi connectivity index (χ0v) is 17.2. The van der Waals surface area contributed by atoms with Crippen LogP contribution in [0.5, 0.6) is 5.75 Å². The monoisotopic (exact) mass is 370 g/mol. The molecule has 3 rings (SSSR count). The van der Waals surface area contributed by atoms with E-state index in [1.54, 1.807) is 0 Å². The third-order valence-corrected chi connectivity index (χ3v) is 5.19. The second-order valence-corrected chi connectivity index (χ2v) is 7.95. The predicted octanol–water partition coefficient (Wildman–Crippen LogP) is 4.10. The average Bonchev–Trinajstić information content (AvgIpc) is 3.30. The van der Waals surface area contributed by atoms with Crippen molar-refractivity contribution in [2.75, 3.05) is 27.2 Å². The van der Waals surface area contributed by atoms with Crippen molar-refractivity contribution in [2.45, 2.75) is 58.2 Å². The summed E-state index contributed by atoms with van der Waals surface area (Å²) in [6.07, 6.45) is 7.60. The zero-order valence-electron chi connectivity index (χ0n) is 17.2. The first kappa shape index (κ1) is 19.9. The molecule has 0 saturated heterocycles. The molecule has 1 aliphatic rings. The number of aromatic nitrogens is 2. The molecular weight excluding hydrogens is 336 g/mol. The topological polar surface area (TPSA) is 42.3 Å². The molecule has 5 heteroatoms. The van der Waals surface area contributed by atoms with Crippen LogP contribution in [0.4, 0.5) is 0 Å². The second kappa shape index (κ2) is 9.38. The fourth-order valence-electron chi connectivity index (χ4n) is 3.78. The van der Waals surface area contributed by atoms with Crippen molar-refractivity contribution in [1.29, 1.82) is 0 Å². The first-order valence-corrected chi connectivity index (χ1v) is 10.2. The molecule has 1 saturated carbocycles.